The van der Waals surface area contributed by atoms with Crippen LogP contribution >= 0.6 is 23.1 Å². The van der Waals surface area contributed by atoms with Crippen LogP contribution in [-0.4, -0.2) is 47.9 Å². The van der Waals surface area contributed by atoms with Crippen molar-refractivity contribution in [2.24, 2.45) is 0 Å². The van der Waals surface area contributed by atoms with E-state index in [-0.39, 0.29) is 33.3 Å². The van der Waals surface area contributed by atoms with Crippen molar-refractivity contribution in [3.05, 3.63) is 16.5 Å². The molecule has 21 heavy (non-hydrogen) atoms. The molecule has 9 heteroatoms. The number of sulfone groups is 1. The fraction of sp³-hybridized carbons (Fsp3) is 0.500. The zero-order valence-corrected chi connectivity index (χ0v) is 13.7. The van der Waals surface area contributed by atoms with Crippen molar-refractivity contribution in [1.29, 1.82) is 0 Å². The Morgan fingerprint density at radius 1 is 1.52 bits per heavy atom. The Labute approximate surface area is 130 Å². The number of thioether (sulfide) groups is 1. The predicted molar refractivity (Wildman–Crippen MR) is 84.2 cm³/mol. The van der Waals surface area contributed by atoms with Crippen molar-refractivity contribution in [3.8, 4) is 0 Å². The van der Waals surface area contributed by atoms with E-state index in [9.17, 15) is 18.0 Å². The van der Waals surface area contributed by atoms with Crippen molar-refractivity contribution in [3.63, 3.8) is 0 Å². The molecule has 1 unspecified atom stereocenters. The van der Waals surface area contributed by atoms with Crippen LogP contribution in [-0.2, 0) is 14.6 Å². The molecule has 1 aromatic rings. The Balaban J connectivity index is 1.85. The third kappa shape index (κ3) is 4.45. The van der Waals surface area contributed by atoms with Gasteiger partial charge in [-0.15, -0.1) is 23.1 Å². The van der Waals surface area contributed by atoms with Gasteiger partial charge >= 0.3 is 5.97 Å². The molecule has 6 nitrogen and oxygen atoms in total. The maximum atomic E-state index is 11.8. The molecule has 2 heterocycles. The summed E-state index contributed by atoms with van der Waals surface area (Å²) in [6.45, 7) is 1.67. The Morgan fingerprint density at radius 2 is 2.24 bits per heavy atom. The first-order valence-electron chi connectivity index (χ1n) is 6.22. The normalized spacial score (nSPS) is 20.3. The number of aromatic carboxylic acids is 1. The van der Waals surface area contributed by atoms with Crippen LogP contribution in [0.2, 0.25) is 0 Å². The lowest BCUT2D eigenvalue weighted by atomic mass is 10.3. The van der Waals surface area contributed by atoms with Gasteiger partial charge in [-0.1, -0.05) is 0 Å². The van der Waals surface area contributed by atoms with Crippen molar-refractivity contribution >= 4 is 49.8 Å². The number of rotatable bonds is 5. The fourth-order valence-electron chi connectivity index (χ4n) is 2.02. The lowest BCUT2D eigenvalue weighted by Gasteiger charge is -2.07. The molecule has 1 fully saturated rings. The molecule has 1 aliphatic heterocycles. The van der Waals surface area contributed by atoms with Crippen molar-refractivity contribution < 1.29 is 23.1 Å². The van der Waals surface area contributed by atoms with Crippen LogP contribution in [0, 0.1) is 6.92 Å². The summed E-state index contributed by atoms with van der Waals surface area (Å²) >= 11 is 2.35. The van der Waals surface area contributed by atoms with E-state index in [1.165, 1.54) is 11.8 Å². The van der Waals surface area contributed by atoms with E-state index in [1.54, 1.807) is 13.0 Å². The molecule has 1 aromatic heterocycles. The Morgan fingerprint density at radius 3 is 2.76 bits per heavy atom. The van der Waals surface area contributed by atoms with E-state index >= 15 is 0 Å². The maximum Gasteiger partial charge on any atom is 0.346 e. The smallest absolute Gasteiger partial charge is 0.346 e. The number of hydrogen-bond acceptors (Lipinski definition) is 6. The van der Waals surface area contributed by atoms with Gasteiger partial charge in [-0.3, -0.25) is 4.79 Å². The van der Waals surface area contributed by atoms with Crippen molar-refractivity contribution in [2.45, 2.75) is 18.6 Å². The maximum absolute atomic E-state index is 11.8. The van der Waals surface area contributed by atoms with Gasteiger partial charge in [0, 0.05) is 5.25 Å². The number of carbonyl (C=O) groups excluding carboxylic acids is 1. The quantitative estimate of drug-likeness (QED) is 0.838. The van der Waals surface area contributed by atoms with E-state index in [0.717, 1.165) is 11.3 Å². The molecular formula is C12H15NO5S3. The third-order valence-electron chi connectivity index (χ3n) is 3.02. The summed E-state index contributed by atoms with van der Waals surface area (Å²) in [4.78, 5) is 22.9. The highest BCUT2D eigenvalue weighted by molar-refractivity contribution is 8.02. The molecule has 2 N–H and O–H groups in total. The number of aryl methyl sites for hydroxylation is 1. The molecular weight excluding hydrogens is 334 g/mol. The topological polar surface area (TPSA) is 101 Å². The standard InChI is InChI=1S/C12H15NO5S3/c1-7-4-10(20-11(7)12(15)16)13-9(14)5-19-8-2-3-21(17,18)6-8/h4,8H,2-3,5-6H2,1H3,(H,13,14)(H,15,16). The number of thiophene rings is 1. The molecule has 1 aliphatic rings. The van der Waals surface area contributed by atoms with Crippen LogP contribution < -0.4 is 5.32 Å². The Hall–Kier alpha value is -1.06. The van der Waals surface area contributed by atoms with Crippen LogP contribution in [0.15, 0.2) is 6.07 Å². The van der Waals surface area contributed by atoms with E-state index in [4.69, 9.17) is 5.11 Å². The van der Waals surface area contributed by atoms with Crippen LogP contribution in [0.25, 0.3) is 0 Å². The second kappa shape index (κ2) is 6.37. The first kappa shape index (κ1) is 16.3. The van der Waals surface area contributed by atoms with Crippen LogP contribution in [0.1, 0.15) is 21.7 Å². The molecule has 0 aromatic carbocycles. The SMILES string of the molecule is Cc1cc(NC(=O)CSC2CCS(=O)(=O)C2)sc1C(=O)O. The highest BCUT2D eigenvalue weighted by Gasteiger charge is 2.28. The lowest BCUT2D eigenvalue weighted by molar-refractivity contribution is -0.113. The summed E-state index contributed by atoms with van der Waals surface area (Å²) < 4.78 is 22.6. The predicted octanol–water partition coefficient (Wildman–Crippen LogP) is 1.61. The Bertz CT molecular complexity index is 664. The molecule has 0 bridgehead atoms. The molecule has 0 radical (unpaired) electrons. The molecule has 116 valence electrons. The zero-order chi connectivity index (χ0) is 15.6. The highest BCUT2D eigenvalue weighted by Crippen LogP contribution is 2.28. The van der Waals surface area contributed by atoms with Gasteiger partial charge in [0.1, 0.15) is 4.88 Å². The first-order chi connectivity index (χ1) is 9.77. The summed E-state index contributed by atoms with van der Waals surface area (Å²) in [6.07, 6.45) is 0.585. The van der Waals surface area contributed by atoms with Gasteiger partial charge in [0.05, 0.1) is 22.3 Å². The average molecular weight is 349 g/mol. The second-order valence-corrected chi connectivity index (χ2v) is 9.38. The zero-order valence-electron chi connectivity index (χ0n) is 11.3. The van der Waals surface area contributed by atoms with Gasteiger partial charge in [-0.25, -0.2) is 13.2 Å². The largest absolute Gasteiger partial charge is 0.477 e. The van der Waals surface area contributed by atoms with Crippen molar-refractivity contribution in [1.82, 2.24) is 0 Å². The Kier molecular flexibility index (Phi) is 4.95. The second-order valence-electron chi connectivity index (χ2n) is 4.81. The number of amides is 1. The number of anilines is 1. The number of nitrogens with one attached hydrogen (secondary N) is 1. The van der Waals surface area contributed by atoms with Gasteiger partial charge in [-0.2, -0.15) is 0 Å². The van der Waals surface area contributed by atoms with Gasteiger partial charge in [0.25, 0.3) is 0 Å². The minimum Gasteiger partial charge on any atom is -0.477 e. The van der Waals surface area contributed by atoms with Crippen LogP contribution in [0.5, 0.6) is 0 Å². The minimum absolute atomic E-state index is 0.0274. The van der Waals surface area contributed by atoms with Crippen LogP contribution in [0.4, 0.5) is 5.00 Å². The first-order valence-corrected chi connectivity index (χ1v) is 9.91. The summed E-state index contributed by atoms with van der Waals surface area (Å²) in [5.41, 5.74) is 0.609. The molecule has 1 amide bonds. The summed E-state index contributed by atoms with van der Waals surface area (Å²) in [6, 6.07) is 1.62. The van der Waals surface area contributed by atoms with Crippen molar-refractivity contribution in [2.75, 3.05) is 22.6 Å². The molecule has 1 saturated heterocycles. The molecule has 1 atom stereocenters. The number of carboxylic acid groups (broad SMARTS) is 1. The van der Waals surface area contributed by atoms with Gasteiger partial charge in [0.15, 0.2) is 9.84 Å². The number of carbonyl (C=O) groups is 2. The minimum atomic E-state index is -2.93. The van der Waals surface area contributed by atoms with E-state index in [1.807, 2.05) is 0 Å². The number of hydrogen-bond donors (Lipinski definition) is 2. The summed E-state index contributed by atoms with van der Waals surface area (Å²) in [5.74, 6) is -0.768. The average Bonchev–Trinajstić information content (AvgIpc) is 2.89. The van der Waals surface area contributed by atoms with Gasteiger partial charge < -0.3 is 10.4 Å². The highest BCUT2D eigenvalue weighted by atomic mass is 32.2. The molecule has 0 saturated carbocycles. The molecule has 0 aliphatic carbocycles. The monoisotopic (exact) mass is 349 g/mol. The lowest BCUT2D eigenvalue weighted by Crippen LogP contribution is -2.16. The number of carboxylic acids is 1. The van der Waals surface area contributed by atoms with Crippen LogP contribution in [0.3, 0.4) is 0 Å². The van der Waals surface area contributed by atoms with E-state index < -0.39 is 15.8 Å². The van der Waals surface area contributed by atoms with Gasteiger partial charge in [0.2, 0.25) is 5.91 Å². The summed E-state index contributed by atoms with van der Waals surface area (Å²) in [5, 5.41) is 12.1. The molecule has 2 rings (SSSR count). The fourth-order valence-corrected chi connectivity index (χ4v) is 6.39. The van der Waals surface area contributed by atoms with E-state index in [0.29, 0.717) is 17.0 Å². The molecule has 0 spiro atoms. The summed E-state index contributed by atoms with van der Waals surface area (Å²) in [7, 11) is -2.93. The van der Waals surface area contributed by atoms with Gasteiger partial charge in [-0.05, 0) is 25.0 Å². The van der Waals surface area contributed by atoms with E-state index in [2.05, 4.69) is 5.32 Å². The third-order valence-corrected chi connectivity index (χ3v) is 7.44.